The second kappa shape index (κ2) is 9.39. The standard InChI is InChI=1S/C23H22N6O2S2/c1-14(20(30)16(12-24)21-25-17-7-2-3-8-18(17)26-21)33-23-28-27-22(19-9-5-11-32-19)29(23)13-15-6-4-10-31-15/h2-3,5,7-9,11,14-15,30H,4,6,10,13H2,1H3,(H,25,26)/b20-16-. The van der Waals surface area contributed by atoms with Gasteiger partial charge in [-0.2, -0.15) is 5.26 Å². The molecule has 1 aromatic carbocycles. The third kappa shape index (κ3) is 4.39. The number of benzene rings is 1. The van der Waals surface area contributed by atoms with Crippen molar-refractivity contribution in [1.29, 1.82) is 5.26 Å². The van der Waals surface area contributed by atoms with E-state index in [1.165, 1.54) is 11.8 Å². The van der Waals surface area contributed by atoms with E-state index in [9.17, 15) is 10.4 Å². The van der Waals surface area contributed by atoms with Gasteiger partial charge < -0.3 is 14.8 Å². The van der Waals surface area contributed by atoms with Crippen LogP contribution in [0.1, 0.15) is 25.6 Å². The zero-order chi connectivity index (χ0) is 22.8. The van der Waals surface area contributed by atoms with Gasteiger partial charge in [0.1, 0.15) is 17.4 Å². The molecule has 0 aliphatic carbocycles. The first-order valence-electron chi connectivity index (χ1n) is 10.7. The predicted molar refractivity (Wildman–Crippen MR) is 129 cm³/mol. The van der Waals surface area contributed by atoms with Crippen LogP contribution >= 0.6 is 23.1 Å². The molecule has 0 saturated carbocycles. The molecule has 5 rings (SSSR count). The summed E-state index contributed by atoms with van der Waals surface area (Å²) >= 11 is 2.97. The Bertz CT molecular complexity index is 1300. The number of nitrogens with one attached hydrogen (secondary N) is 1. The summed E-state index contributed by atoms with van der Waals surface area (Å²) in [5.41, 5.74) is 1.67. The largest absolute Gasteiger partial charge is 0.510 e. The van der Waals surface area contributed by atoms with E-state index >= 15 is 0 Å². The van der Waals surface area contributed by atoms with Crippen molar-refractivity contribution >= 4 is 39.7 Å². The Hall–Kier alpha value is -3.13. The van der Waals surface area contributed by atoms with Crippen LogP contribution in [0.5, 0.6) is 0 Å². The van der Waals surface area contributed by atoms with Gasteiger partial charge in [0.25, 0.3) is 0 Å². The van der Waals surface area contributed by atoms with Gasteiger partial charge in [0.05, 0.1) is 33.8 Å². The van der Waals surface area contributed by atoms with Gasteiger partial charge in [-0.1, -0.05) is 30.0 Å². The highest BCUT2D eigenvalue weighted by Gasteiger charge is 2.25. The second-order valence-corrected chi connectivity index (χ2v) is 10.0. The lowest BCUT2D eigenvalue weighted by molar-refractivity contribution is 0.0953. The molecular weight excluding hydrogens is 456 g/mol. The predicted octanol–water partition coefficient (Wildman–Crippen LogP) is 5.04. The van der Waals surface area contributed by atoms with E-state index in [-0.39, 0.29) is 17.4 Å². The number of aliphatic hydroxyl groups is 1. The molecule has 1 saturated heterocycles. The summed E-state index contributed by atoms with van der Waals surface area (Å²) in [6, 6.07) is 13.6. The number of rotatable bonds is 7. The lowest BCUT2D eigenvalue weighted by Gasteiger charge is -2.16. The maximum atomic E-state index is 11.0. The average Bonchev–Trinajstić information content (AvgIpc) is 3.62. The molecule has 1 aliphatic rings. The number of allylic oxidation sites excluding steroid dienone is 1. The maximum Gasteiger partial charge on any atom is 0.192 e. The Balaban J connectivity index is 1.45. The number of fused-ring (bicyclic) bond motifs is 1. The molecule has 2 unspecified atom stereocenters. The number of aliphatic hydroxyl groups excluding tert-OH is 1. The zero-order valence-electron chi connectivity index (χ0n) is 17.9. The number of ether oxygens (including phenoxy) is 1. The fraction of sp³-hybridized carbons (Fsp3) is 0.304. The molecule has 0 bridgehead atoms. The molecule has 168 valence electrons. The molecule has 0 spiro atoms. The molecule has 0 radical (unpaired) electrons. The molecule has 3 aromatic heterocycles. The summed E-state index contributed by atoms with van der Waals surface area (Å²) in [5.74, 6) is 1.09. The van der Waals surface area contributed by atoms with E-state index in [0.717, 1.165) is 41.2 Å². The van der Waals surface area contributed by atoms with Crippen LogP contribution in [-0.4, -0.2) is 47.8 Å². The first-order valence-corrected chi connectivity index (χ1v) is 12.4. The van der Waals surface area contributed by atoms with Crippen molar-refractivity contribution in [2.45, 2.75) is 42.8 Å². The van der Waals surface area contributed by atoms with Crippen molar-refractivity contribution < 1.29 is 9.84 Å². The zero-order valence-corrected chi connectivity index (χ0v) is 19.6. The first-order chi connectivity index (χ1) is 16.1. The van der Waals surface area contributed by atoms with Crippen LogP contribution < -0.4 is 0 Å². The van der Waals surface area contributed by atoms with Crippen LogP contribution in [0, 0.1) is 11.3 Å². The Morgan fingerprint density at radius 2 is 2.24 bits per heavy atom. The third-order valence-electron chi connectivity index (χ3n) is 5.53. The highest BCUT2D eigenvalue weighted by molar-refractivity contribution is 7.99. The van der Waals surface area contributed by atoms with E-state index in [4.69, 9.17) is 4.74 Å². The number of nitriles is 1. The molecule has 2 atom stereocenters. The fourth-order valence-electron chi connectivity index (χ4n) is 3.84. The molecule has 4 heterocycles. The van der Waals surface area contributed by atoms with E-state index in [0.29, 0.717) is 17.5 Å². The molecule has 10 heteroatoms. The average molecular weight is 479 g/mol. The van der Waals surface area contributed by atoms with E-state index < -0.39 is 5.25 Å². The number of thiophene rings is 1. The molecule has 4 aromatic rings. The summed E-state index contributed by atoms with van der Waals surface area (Å²) in [5, 5.41) is 31.9. The van der Waals surface area contributed by atoms with Crippen LogP contribution in [0.4, 0.5) is 0 Å². The number of hydrogen-bond acceptors (Lipinski definition) is 8. The van der Waals surface area contributed by atoms with Crippen molar-refractivity contribution in [2.75, 3.05) is 6.61 Å². The van der Waals surface area contributed by atoms with Gasteiger partial charge in [0.2, 0.25) is 0 Å². The summed E-state index contributed by atoms with van der Waals surface area (Å²) in [6.07, 6.45) is 2.16. The minimum Gasteiger partial charge on any atom is -0.510 e. The van der Waals surface area contributed by atoms with Crippen LogP contribution in [0.2, 0.25) is 0 Å². The van der Waals surface area contributed by atoms with Crippen molar-refractivity contribution in [1.82, 2.24) is 24.7 Å². The van der Waals surface area contributed by atoms with Crippen LogP contribution in [0.25, 0.3) is 27.3 Å². The van der Waals surface area contributed by atoms with Gasteiger partial charge in [0.15, 0.2) is 16.8 Å². The van der Waals surface area contributed by atoms with E-state index in [1.807, 2.05) is 48.7 Å². The minimum atomic E-state index is -0.434. The SMILES string of the molecule is CC(Sc1nnc(-c2cccs2)n1CC1CCCO1)/C(O)=C(\C#N)c1nc2ccccc2[nH]1. The molecule has 1 fully saturated rings. The Morgan fingerprint density at radius 3 is 2.97 bits per heavy atom. The minimum absolute atomic E-state index is 0.0501. The van der Waals surface area contributed by atoms with Gasteiger partial charge >= 0.3 is 0 Å². The smallest absolute Gasteiger partial charge is 0.192 e. The normalized spacial score (nSPS) is 17.8. The molecule has 33 heavy (non-hydrogen) atoms. The lowest BCUT2D eigenvalue weighted by Crippen LogP contribution is -2.17. The van der Waals surface area contributed by atoms with Gasteiger partial charge in [-0.05, 0) is 43.3 Å². The highest BCUT2D eigenvalue weighted by atomic mass is 32.2. The summed E-state index contributed by atoms with van der Waals surface area (Å²) < 4.78 is 7.91. The van der Waals surface area contributed by atoms with Crippen LogP contribution in [0.3, 0.4) is 0 Å². The number of hydrogen-bond donors (Lipinski definition) is 2. The van der Waals surface area contributed by atoms with Crippen molar-refractivity contribution in [2.24, 2.45) is 0 Å². The quantitative estimate of drug-likeness (QED) is 0.217. The van der Waals surface area contributed by atoms with Gasteiger partial charge in [-0.15, -0.1) is 21.5 Å². The molecule has 8 nitrogen and oxygen atoms in total. The number of aromatic nitrogens is 5. The molecular formula is C23H22N6O2S2. The highest BCUT2D eigenvalue weighted by Crippen LogP contribution is 2.33. The Morgan fingerprint density at radius 1 is 1.36 bits per heavy atom. The number of aromatic amines is 1. The monoisotopic (exact) mass is 478 g/mol. The van der Waals surface area contributed by atoms with E-state index in [1.54, 1.807) is 11.3 Å². The summed E-state index contributed by atoms with van der Waals surface area (Å²) in [7, 11) is 0. The summed E-state index contributed by atoms with van der Waals surface area (Å²) in [6.45, 7) is 3.26. The van der Waals surface area contributed by atoms with Crippen LogP contribution in [-0.2, 0) is 11.3 Å². The second-order valence-electron chi connectivity index (χ2n) is 7.76. The van der Waals surface area contributed by atoms with Gasteiger partial charge in [0, 0.05) is 6.61 Å². The Labute approximate surface area is 199 Å². The number of nitrogens with zero attached hydrogens (tertiary/aromatic N) is 5. The molecule has 2 N–H and O–H groups in total. The fourth-order valence-corrected chi connectivity index (χ4v) is 5.48. The topological polar surface area (TPSA) is 113 Å². The van der Waals surface area contributed by atoms with Crippen LogP contribution in [0.15, 0.2) is 52.7 Å². The number of para-hydroxylation sites is 2. The number of imidazole rings is 1. The lowest BCUT2D eigenvalue weighted by atomic mass is 10.2. The maximum absolute atomic E-state index is 11.0. The molecule has 0 amide bonds. The van der Waals surface area contributed by atoms with Crippen molar-refractivity contribution in [3.8, 4) is 16.8 Å². The van der Waals surface area contributed by atoms with Crippen molar-refractivity contribution in [3.05, 3.63) is 53.4 Å². The Kier molecular flexibility index (Phi) is 6.17. The van der Waals surface area contributed by atoms with Gasteiger partial charge in [-0.25, -0.2) is 4.98 Å². The van der Waals surface area contributed by atoms with E-state index in [2.05, 4.69) is 30.8 Å². The number of thioether (sulfide) groups is 1. The van der Waals surface area contributed by atoms with Gasteiger partial charge in [-0.3, -0.25) is 4.57 Å². The van der Waals surface area contributed by atoms with Crippen molar-refractivity contribution in [3.63, 3.8) is 0 Å². The summed E-state index contributed by atoms with van der Waals surface area (Å²) in [4.78, 5) is 8.61. The number of H-pyrrole nitrogens is 1. The molecule has 1 aliphatic heterocycles. The first kappa shape index (κ1) is 21.7. The third-order valence-corrected chi connectivity index (χ3v) is 7.49.